The van der Waals surface area contributed by atoms with Gasteiger partial charge in [0, 0.05) is 17.1 Å². The SMILES string of the molecule is COc1cc(C(C)(C)C)cc(C(C)(C)C)c1-c1nccc2ccccc12. The third-order valence-electron chi connectivity index (χ3n) is 4.91. The average Bonchev–Trinajstić information content (AvgIpc) is 2.58. The zero-order valence-electron chi connectivity index (χ0n) is 17.0. The Morgan fingerprint density at radius 1 is 0.846 bits per heavy atom. The van der Waals surface area contributed by atoms with Crippen molar-refractivity contribution in [2.75, 3.05) is 7.11 Å². The van der Waals surface area contributed by atoms with Crippen molar-refractivity contribution in [3.63, 3.8) is 0 Å². The van der Waals surface area contributed by atoms with Gasteiger partial charge in [-0.25, -0.2) is 0 Å². The third-order valence-corrected chi connectivity index (χ3v) is 4.91. The summed E-state index contributed by atoms with van der Waals surface area (Å²) in [5.41, 5.74) is 4.67. The predicted molar refractivity (Wildman–Crippen MR) is 111 cm³/mol. The normalized spacial score (nSPS) is 12.4. The van der Waals surface area contributed by atoms with Crippen LogP contribution in [0.4, 0.5) is 0 Å². The van der Waals surface area contributed by atoms with Gasteiger partial charge in [-0.3, -0.25) is 4.98 Å². The first-order chi connectivity index (χ1) is 12.1. The molecule has 0 saturated carbocycles. The van der Waals surface area contributed by atoms with E-state index < -0.39 is 0 Å². The topological polar surface area (TPSA) is 22.1 Å². The highest BCUT2D eigenvalue weighted by Crippen LogP contribution is 2.43. The maximum absolute atomic E-state index is 5.88. The quantitative estimate of drug-likeness (QED) is 0.527. The summed E-state index contributed by atoms with van der Waals surface area (Å²) in [6, 6.07) is 15.0. The van der Waals surface area contributed by atoms with Crippen LogP contribution in [0, 0.1) is 0 Å². The highest BCUT2D eigenvalue weighted by Gasteiger charge is 2.27. The molecule has 2 heteroatoms. The number of methoxy groups -OCH3 is 1. The Bertz CT molecular complexity index is 937. The lowest BCUT2D eigenvalue weighted by Gasteiger charge is -2.29. The number of benzene rings is 2. The first-order valence-electron chi connectivity index (χ1n) is 9.20. The van der Waals surface area contributed by atoms with Crippen molar-refractivity contribution in [1.82, 2.24) is 4.98 Å². The lowest BCUT2D eigenvalue weighted by molar-refractivity contribution is 0.412. The summed E-state index contributed by atoms with van der Waals surface area (Å²) in [5, 5.41) is 2.35. The smallest absolute Gasteiger partial charge is 0.128 e. The van der Waals surface area contributed by atoms with Crippen LogP contribution in [0.1, 0.15) is 52.7 Å². The maximum Gasteiger partial charge on any atom is 0.128 e. The minimum Gasteiger partial charge on any atom is -0.496 e. The number of hydrogen-bond acceptors (Lipinski definition) is 2. The van der Waals surface area contributed by atoms with E-state index in [9.17, 15) is 0 Å². The molecule has 1 aromatic heterocycles. The van der Waals surface area contributed by atoms with E-state index >= 15 is 0 Å². The average molecular weight is 348 g/mol. The van der Waals surface area contributed by atoms with Gasteiger partial charge in [0.1, 0.15) is 5.75 Å². The number of nitrogens with zero attached hydrogens (tertiary/aromatic N) is 1. The van der Waals surface area contributed by atoms with Crippen LogP contribution in [0.25, 0.3) is 22.0 Å². The summed E-state index contributed by atoms with van der Waals surface area (Å²) in [6.07, 6.45) is 1.89. The number of fused-ring (bicyclic) bond motifs is 1. The van der Waals surface area contributed by atoms with Gasteiger partial charge in [0.15, 0.2) is 0 Å². The molecule has 0 bridgehead atoms. The molecule has 26 heavy (non-hydrogen) atoms. The summed E-state index contributed by atoms with van der Waals surface area (Å²) < 4.78 is 5.88. The van der Waals surface area contributed by atoms with E-state index in [-0.39, 0.29) is 10.8 Å². The van der Waals surface area contributed by atoms with Gasteiger partial charge in [0.25, 0.3) is 0 Å². The minimum absolute atomic E-state index is 0.0253. The highest BCUT2D eigenvalue weighted by atomic mass is 16.5. The van der Waals surface area contributed by atoms with Crippen molar-refractivity contribution >= 4 is 10.8 Å². The molecule has 1 heterocycles. The first kappa shape index (κ1) is 18.4. The molecule has 3 aromatic rings. The lowest BCUT2D eigenvalue weighted by atomic mass is 9.77. The van der Waals surface area contributed by atoms with Crippen LogP contribution >= 0.6 is 0 Å². The van der Waals surface area contributed by atoms with Crippen molar-refractivity contribution in [2.24, 2.45) is 0 Å². The molecule has 0 amide bonds. The van der Waals surface area contributed by atoms with Crippen LogP contribution in [0.2, 0.25) is 0 Å². The maximum atomic E-state index is 5.88. The van der Waals surface area contributed by atoms with Gasteiger partial charge in [-0.1, -0.05) is 71.9 Å². The molecule has 0 saturated heterocycles. The fourth-order valence-corrected chi connectivity index (χ4v) is 3.36. The number of aromatic nitrogens is 1. The molecule has 136 valence electrons. The van der Waals surface area contributed by atoms with Gasteiger partial charge < -0.3 is 4.74 Å². The monoisotopic (exact) mass is 347 g/mol. The Hall–Kier alpha value is -2.35. The van der Waals surface area contributed by atoms with Crippen LogP contribution in [0.5, 0.6) is 5.75 Å². The Balaban J connectivity index is 2.43. The van der Waals surface area contributed by atoms with Gasteiger partial charge in [0.05, 0.1) is 12.8 Å². The predicted octanol–water partition coefficient (Wildman–Crippen LogP) is 6.51. The molecule has 2 aromatic carbocycles. The number of pyridine rings is 1. The Morgan fingerprint density at radius 3 is 2.15 bits per heavy atom. The summed E-state index contributed by atoms with van der Waals surface area (Å²) >= 11 is 0. The van der Waals surface area contributed by atoms with Gasteiger partial charge in [-0.2, -0.15) is 0 Å². The van der Waals surface area contributed by atoms with E-state index in [4.69, 9.17) is 9.72 Å². The standard InChI is InChI=1S/C24H29NO/c1-23(2,3)17-14-19(24(4,5)6)21(20(15-17)26-7)22-18-11-9-8-10-16(18)12-13-25-22/h8-15H,1-7H3. The molecule has 3 rings (SSSR count). The first-order valence-corrected chi connectivity index (χ1v) is 9.20. The summed E-state index contributed by atoms with van der Waals surface area (Å²) in [5.74, 6) is 0.895. The third kappa shape index (κ3) is 3.33. The van der Waals surface area contributed by atoms with Crippen molar-refractivity contribution < 1.29 is 4.74 Å². The molecule has 0 aliphatic heterocycles. The zero-order valence-corrected chi connectivity index (χ0v) is 17.0. The molecule has 0 spiro atoms. The van der Waals surface area contributed by atoms with Crippen LogP contribution < -0.4 is 4.74 Å². The molecular weight excluding hydrogens is 318 g/mol. The van der Waals surface area contributed by atoms with Crippen molar-refractivity contribution in [3.8, 4) is 17.0 Å². The summed E-state index contributed by atoms with van der Waals surface area (Å²) in [7, 11) is 1.75. The van der Waals surface area contributed by atoms with Gasteiger partial charge in [-0.05, 0) is 39.5 Å². The highest BCUT2D eigenvalue weighted by molar-refractivity contribution is 5.97. The molecule has 0 fully saturated rings. The second kappa shape index (κ2) is 6.42. The number of ether oxygens (including phenoxy) is 1. The second-order valence-corrected chi connectivity index (χ2v) is 8.98. The molecule has 0 aliphatic rings. The molecular formula is C24H29NO. The van der Waals surface area contributed by atoms with Crippen LogP contribution in [0.3, 0.4) is 0 Å². The van der Waals surface area contributed by atoms with Gasteiger partial charge >= 0.3 is 0 Å². The van der Waals surface area contributed by atoms with E-state index in [2.05, 4.69) is 84.0 Å². The zero-order chi connectivity index (χ0) is 19.1. The lowest BCUT2D eigenvalue weighted by Crippen LogP contribution is -2.18. The fourth-order valence-electron chi connectivity index (χ4n) is 3.36. The summed E-state index contributed by atoms with van der Waals surface area (Å²) in [4.78, 5) is 4.77. The van der Waals surface area contributed by atoms with Gasteiger partial charge in [0.2, 0.25) is 0 Å². The minimum atomic E-state index is -0.0253. The van der Waals surface area contributed by atoms with Crippen molar-refractivity contribution in [1.29, 1.82) is 0 Å². The van der Waals surface area contributed by atoms with Crippen LogP contribution in [0.15, 0.2) is 48.7 Å². The van der Waals surface area contributed by atoms with E-state index in [1.54, 1.807) is 7.11 Å². The Labute approximate surface area is 157 Å². The van der Waals surface area contributed by atoms with E-state index in [0.29, 0.717) is 0 Å². The van der Waals surface area contributed by atoms with E-state index in [1.807, 2.05) is 6.20 Å². The molecule has 2 nitrogen and oxygen atoms in total. The Kier molecular flexibility index (Phi) is 4.56. The Morgan fingerprint density at radius 2 is 1.54 bits per heavy atom. The molecule has 0 unspecified atom stereocenters. The molecule has 0 aliphatic carbocycles. The summed E-state index contributed by atoms with van der Waals surface area (Å²) in [6.45, 7) is 13.5. The van der Waals surface area contributed by atoms with E-state index in [0.717, 1.165) is 22.4 Å². The molecule has 0 radical (unpaired) electrons. The van der Waals surface area contributed by atoms with Gasteiger partial charge in [-0.15, -0.1) is 0 Å². The molecule has 0 N–H and O–H groups in total. The van der Waals surface area contributed by atoms with Crippen molar-refractivity contribution in [3.05, 3.63) is 59.8 Å². The number of rotatable bonds is 2. The van der Waals surface area contributed by atoms with Crippen molar-refractivity contribution in [2.45, 2.75) is 52.4 Å². The van der Waals surface area contributed by atoms with Crippen LogP contribution in [-0.4, -0.2) is 12.1 Å². The second-order valence-electron chi connectivity index (χ2n) is 8.98. The van der Waals surface area contributed by atoms with E-state index in [1.165, 1.54) is 16.5 Å². The fraction of sp³-hybridized carbons (Fsp3) is 0.375. The molecule has 0 atom stereocenters. The van der Waals surface area contributed by atoms with Crippen LogP contribution in [-0.2, 0) is 10.8 Å². The number of hydrogen-bond donors (Lipinski definition) is 0. The largest absolute Gasteiger partial charge is 0.496 e.